The minimum Gasteiger partial charge on any atom is -0.396 e. The third-order valence-corrected chi connectivity index (χ3v) is 4.74. The Bertz CT molecular complexity index is 770. The Labute approximate surface area is 147 Å². The maximum absolute atomic E-state index is 12.7. The predicted molar refractivity (Wildman–Crippen MR) is 96.7 cm³/mol. The molecule has 0 aromatic heterocycles. The van der Waals surface area contributed by atoms with Crippen LogP contribution >= 0.6 is 0 Å². The van der Waals surface area contributed by atoms with Gasteiger partial charge in [0.15, 0.2) is 0 Å². The van der Waals surface area contributed by atoms with Crippen molar-refractivity contribution >= 4 is 17.5 Å². The first-order chi connectivity index (χ1) is 12.0. The zero-order valence-corrected chi connectivity index (χ0v) is 14.2. The second-order valence-electron chi connectivity index (χ2n) is 6.62. The van der Waals surface area contributed by atoms with E-state index in [9.17, 15) is 14.7 Å². The number of rotatable bonds is 6. The van der Waals surface area contributed by atoms with Gasteiger partial charge in [0.1, 0.15) is 0 Å². The summed E-state index contributed by atoms with van der Waals surface area (Å²) >= 11 is 0. The number of para-hydroxylation sites is 1. The second-order valence-corrected chi connectivity index (χ2v) is 6.62. The maximum Gasteiger partial charge on any atom is 0.258 e. The van der Waals surface area contributed by atoms with E-state index < -0.39 is 0 Å². The number of carbonyl (C=O) groups is 2. The van der Waals surface area contributed by atoms with E-state index in [-0.39, 0.29) is 23.8 Å². The third kappa shape index (κ3) is 3.88. The van der Waals surface area contributed by atoms with Crippen molar-refractivity contribution < 1.29 is 14.7 Å². The molecule has 1 aliphatic rings. The first kappa shape index (κ1) is 17.2. The van der Waals surface area contributed by atoms with Crippen molar-refractivity contribution in [2.75, 3.05) is 25.1 Å². The van der Waals surface area contributed by atoms with Crippen LogP contribution in [0.5, 0.6) is 0 Å². The van der Waals surface area contributed by atoms with Crippen molar-refractivity contribution in [1.29, 1.82) is 0 Å². The summed E-state index contributed by atoms with van der Waals surface area (Å²) in [4.78, 5) is 26.5. The predicted octanol–water partition coefficient (Wildman–Crippen LogP) is 2.47. The molecule has 1 aliphatic carbocycles. The summed E-state index contributed by atoms with van der Waals surface area (Å²) in [5.41, 5.74) is 1.56. The first-order valence-electron chi connectivity index (χ1n) is 8.37. The Morgan fingerprint density at radius 1 is 1.08 bits per heavy atom. The van der Waals surface area contributed by atoms with Crippen molar-refractivity contribution in [3.05, 3.63) is 65.7 Å². The van der Waals surface area contributed by atoms with Crippen LogP contribution in [0.3, 0.4) is 0 Å². The van der Waals surface area contributed by atoms with Gasteiger partial charge >= 0.3 is 0 Å². The summed E-state index contributed by atoms with van der Waals surface area (Å²) in [7, 11) is 1.71. The molecule has 2 amide bonds. The van der Waals surface area contributed by atoms with Crippen LogP contribution in [0, 0.1) is 5.41 Å². The van der Waals surface area contributed by atoms with Gasteiger partial charge in [-0.05, 0) is 43.2 Å². The summed E-state index contributed by atoms with van der Waals surface area (Å²) < 4.78 is 0. The highest BCUT2D eigenvalue weighted by molar-refractivity contribution is 6.07. The Balaban J connectivity index is 1.70. The monoisotopic (exact) mass is 338 g/mol. The summed E-state index contributed by atoms with van der Waals surface area (Å²) in [5, 5.41) is 12.2. The highest BCUT2D eigenvalue weighted by atomic mass is 16.3. The number of nitrogens with one attached hydrogen (secondary N) is 1. The molecule has 1 fully saturated rings. The van der Waals surface area contributed by atoms with Crippen molar-refractivity contribution in [2.24, 2.45) is 5.41 Å². The molecule has 0 spiro atoms. The van der Waals surface area contributed by atoms with Crippen LogP contribution in [0.4, 0.5) is 5.69 Å². The van der Waals surface area contributed by atoms with E-state index in [2.05, 4.69) is 5.32 Å². The lowest BCUT2D eigenvalue weighted by Crippen LogP contribution is -2.32. The molecule has 5 nitrogen and oxygen atoms in total. The van der Waals surface area contributed by atoms with E-state index in [4.69, 9.17) is 0 Å². The first-order valence-corrected chi connectivity index (χ1v) is 8.37. The second kappa shape index (κ2) is 7.07. The summed E-state index contributed by atoms with van der Waals surface area (Å²) in [6, 6.07) is 16.1. The fraction of sp³-hybridized carbons (Fsp3) is 0.300. The molecule has 2 aromatic rings. The summed E-state index contributed by atoms with van der Waals surface area (Å²) in [5.74, 6) is -0.397. The van der Waals surface area contributed by atoms with E-state index >= 15 is 0 Å². The number of benzene rings is 2. The lowest BCUT2D eigenvalue weighted by Gasteiger charge is -2.18. The molecule has 5 heteroatoms. The highest BCUT2D eigenvalue weighted by Gasteiger charge is 2.42. The molecular weight excluding hydrogens is 316 g/mol. The lowest BCUT2D eigenvalue weighted by molar-refractivity contribution is 0.0935. The SMILES string of the molecule is CN(C(=O)c1cccc(C(=O)NCC2(CO)CC2)c1)c1ccccc1. The maximum atomic E-state index is 12.7. The van der Waals surface area contributed by atoms with Crippen molar-refractivity contribution in [3.63, 3.8) is 0 Å². The van der Waals surface area contributed by atoms with E-state index in [1.165, 1.54) is 0 Å². The van der Waals surface area contributed by atoms with Gasteiger partial charge in [0.05, 0.1) is 6.61 Å². The average Bonchev–Trinajstić information content (AvgIpc) is 3.46. The van der Waals surface area contributed by atoms with Crippen LogP contribution in [0.25, 0.3) is 0 Å². The number of anilines is 1. The highest BCUT2D eigenvalue weighted by Crippen LogP contribution is 2.44. The van der Waals surface area contributed by atoms with Gasteiger partial charge < -0.3 is 15.3 Å². The van der Waals surface area contributed by atoms with E-state index in [1.807, 2.05) is 30.3 Å². The van der Waals surface area contributed by atoms with Crippen molar-refractivity contribution in [3.8, 4) is 0 Å². The molecule has 1 saturated carbocycles. The molecule has 130 valence electrons. The fourth-order valence-corrected chi connectivity index (χ4v) is 2.69. The minimum atomic E-state index is -0.225. The number of amides is 2. The van der Waals surface area contributed by atoms with Crippen molar-refractivity contribution in [1.82, 2.24) is 5.32 Å². The van der Waals surface area contributed by atoms with Gasteiger partial charge in [0.25, 0.3) is 11.8 Å². The number of hydrogen-bond acceptors (Lipinski definition) is 3. The largest absolute Gasteiger partial charge is 0.396 e. The average molecular weight is 338 g/mol. The standard InChI is InChI=1S/C20H22N2O3/c1-22(17-8-3-2-4-9-17)19(25)16-7-5-6-15(12-16)18(24)21-13-20(14-23)10-11-20/h2-9,12,23H,10-11,13-14H2,1H3,(H,21,24). The molecule has 2 aromatic carbocycles. The molecule has 2 N–H and O–H groups in total. The molecule has 0 radical (unpaired) electrons. The Kier molecular flexibility index (Phi) is 4.86. The smallest absolute Gasteiger partial charge is 0.258 e. The van der Waals surface area contributed by atoms with Crippen molar-refractivity contribution in [2.45, 2.75) is 12.8 Å². The van der Waals surface area contributed by atoms with Gasteiger partial charge in [-0.3, -0.25) is 9.59 Å². The molecule has 25 heavy (non-hydrogen) atoms. The molecule has 0 bridgehead atoms. The topological polar surface area (TPSA) is 69.6 Å². The molecule has 0 atom stereocenters. The van der Waals surface area contributed by atoms with Gasteiger partial charge in [0, 0.05) is 35.8 Å². The lowest BCUT2D eigenvalue weighted by atomic mass is 10.1. The minimum absolute atomic E-state index is 0.0909. The Morgan fingerprint density at radius 2 is 1.76 bits per heavy atom. The quantitative estimate of drug-likeness (QED) is 0.850. The van der Waals surface area contributed by atoms with Crippen LogP contribution in [0.2, 0.25) is 0 Å². The van der Waals surface area contributed by atoms with E-state index in [0.717, 1.165) is 18.5 Å². The van der Waals surface area contributed by atoms with Gasteiger partial charge in [-0.1, -0.05) is 24.3 Å². The van der Waals surface area contributed by atoms with Crippen LogP contribution < -0.4 is 10.2 Å². The van der Waals surface area contributed by atoms with Gasteiger partial charge in [-0.25, -0.2) is 0 Å². The van der Waals surface area contributed by atoms with Crippen LogP contribution in [-0.2, 0) is 0 Å². The van der Waals surface area contributed by atoms with Crippen LogP contribution in [0.1, 0.15) is 33.6 Å². The number of nitrogens with zero attached hydrogens (tertiary/aromatic N) is 1. The van der Waals surface area contributed by atoms with E-state index in [1.54, 1.807) is 36.2 Å². The zero-order valence-electron chi connectivity index (χ0n) is 14.2. The van der Waals surface area contributed by atoms with Gasteiger partial charge in [-0.2, -0.15) is 0 Å². The van der Waals surface area contributed by atoms with Gasteiger partial charge in [-0.15, -0.1) is 0 Å². The third-order valence-electron chi connectivity index (χ3n) is 4.74. The molecule has 0 heterocycles. The summed E-state index contributed by atoms with van der Waals surface area (Å²) in [6.45, 7) is 0.554. The van der Waals surface area contributed by atoms with Crippen LogP contribution in [-0.4, -0.2) is 37.1 Å². The fourth-order valence-electron chi connectivity index (χ4n) is 2.69. The molecule has 3 rings (SSSR count). The van der Waals surface area contributed by atoms with E-state index in [0.29, 0.717) is 17.7 Å². The summed E-state index contributed by atoms with van der Waals surface area (Å²) in [6.07, 6.45) is 1.87. The zero-order chi connectivity index (χ0) is 17.9. The number of hydrogen-bond donors (Lipinski definition) is 2. The van der Waals surface area contributed by atoms with Gasteiger partial charge in [0.2, 0.25) is 0 Å². The number of aliphatic hydroxyl groups excluding tert-OH is 1. The number of carbonyl (C=O) groups excluding carboxylic acids is 2. The Hall–Kier alpha value is -2.66. The van der Waals surface area contributed by atoms with Crippen LogP contribution in [0.15, 0.2) is 54.6 Å². The molecular formula is C20H22N2O3. The molecule has 0 aliphatic heterocycles. The molecule has 0 saturated heterocycles. The Morgan fingerprint density at radius 3 is 2.40 bits per heavy atom. The molecule has 0 unspecified atom stereocenters. The normalized spacial score (nSPS) is 14.6. The number of aliphatic hydroxyl groups is 1.